The summed E-state index contributed by atoms with van der Waals surface area (Å²) < 4.78 is 0. The second kappa shape index (κ2) is 8.01. The van der Waals surface area contributed by atoms with Crippen LogP contribution in [0.2, 0.25) is 0 Å². The van der Waals surface area contributed by atoms with E-state index in [-0.39, 0.29) is 16.8 Å². The first-order valence-electron chi connectivity index (χ1n) is 8.49. The summed E-state index contributed by atoms with van der Waals surface area (Å²) in [6.45, 7) is 2.18. The summed E-state index contributed by atoms with van der Waals surface area (Å²) >= 11 is 2.45. The monoisotopic (exact) mass is 405 g/mol. The van der Waals surface area contributed by atoms with Gasteiger partial charge in [-0.2, -0.15) is 0 Å². The van der Waals surface area contributed by atoms with E-state index in [1.807, 2.05) is 0 Å². The third kappa shape index (κ3) is 4.25. The number of carbonyl (C=O) groups is 2. The van der Waals surface area contributed by atoms with Gasteiger partial charge in [0.05, 0.1) is 10.5 Å². The summed E-state index contributed by atoms with van der Waals surface area (Å²) in [6, 6.07) is 2.99. The number of nitro groups is 1. The summed E-state index contributed by atoms with van der Waals surface area (Å²) in [7, 11) is 1.58. The van der Waals surface area contributed by atoms with Crippen molar-refractivity contribution in [3.63, 3.8) is 0 Å². The highest BCUT2D eigenvalue weighted by Gasteiger charge is 2.27. The topological polar surface area (TPSA) is 101 Å². The van der Waals surface area contributed by atoms with E-state index in [1.165, 1.54) is 29.6 Å². The standard InChI is InChI=1S/C18H19N3O4S2/c1-10-3-6-12-13(9-10)27-18(16(12)17(23)19-2)20-14(22)7-4-11-5-8-15(26-11)21(24)25/h4-5,7-8,10H,3,6,9H2,1-2H3,(H,19,23)(H,20,22)/b7-4+. The van der Waals surface area contributed by atoms with Crippen LogP contribution in [0.15, 0.2) is 18.2 Å². The van der Waals surface area contributed by atoms with E-state index >= 15 is 0 Å². The first-order valence-corrected chi connectivity index (χ1v) is 10.1. The highest BCUT2D eigenvalue weighted by molar-refractivity contribution is 7.17. The number of carbonyl (C=O) groups excluding carboxylic acids is 2. The lowest BCUT2D eigenvalue weighted by atomic mass is 9.88. The molecule has 2 aromatic heterocycles. The van der Waals surface area contributed by atoms with Crippen LogP contribution in [0.4, 0.5) is 10.0 Å². The molecule has 0 saturated carbocycles. The van der Waals surface area contributed by atoms with Crippen molar-refractivity contribution in [2.75, 3.05) is 12.4 Å². The molecule has 3 rings (SSSR count). The molecular formula is C18H19N3O4S2. The molecule has 7 nitrogen and oxygen atoms in total. The van der Waals surface area contributed by atoms with Crippen molar-refractivity contribution in [2.45, 2.75) is 26.2 Å². The summed E-state index contributed by atoms with van der Waals surface area (Å²) in [5.74, 6) is -0.00943. The molecule has 1 unspecified atom stereocenters. The van der Waals surface area contributed by atoms with Crippen LogP contribution in [0.5, 0.6) is 0 Å². The second-order valence-corrected chi connectivity index (χ2v) is 8.59. The van der Waals surface area contributed by atoms with Gasteiger partial charge in [0, 0.05) is 28.9 Å². The highest BCUT2D eigenvalue weighted by atomic mass is 32.1. The molecule has 2 aromatic rings. The van der Waals surface area contributed by atoms with Gasteiger partial charge in [0.1, 0.15) is 5.00 Å². The Kier molecular flexibility index (Phi) is 5.71. The molecule has 0 bridgehead atoms. The number of fused-ring (bicyclic) bond motifs is 1. The molecule has 9 heteroatoms. The summed E-state index contributed by atoms with van der Waals surface area (Å²) in [5, 5.41) is 16.7. The molecule has 27 heavy (non-hydrogen) atoms. The average Bonchev–Trinajstić information content (AvgIpc) is 3.23. The van der Waals surface area contributed by atoms with E-state index in [0.717, 1.165) is 41.0 Å². The van der Waals surface area contributed by atoms with Gasteiger partial charge in [-0.15, -0.1) is 11.3 Å². The third-order valence-electron chi connectivity index (χ3n) is 4.39. The van der Waals surface area contributed by atoms with E-state index in [1.54, 1.807) is 13.1 Å². The van der Waals surface area contributed by atoms with Crippen molar-refractivity contribution in [3.8, 4) is 0 Å². The van der Waals surface area contributed by atoms with Crippen LogP contribution in [-0.4, -0.2) is 23.8 Å². The Labute approximate surface area is 164 Å². The van der Waals surface area contributed by atoms with Crippen LogP contribution < -0.4 is 10.6 Å². The minimum absolute atomic E-state index is 0.0250. The van der Waals surface area contributed by atoms with Gasteiger partial charge in [-0.3, -0.25) is 19.7 Å². The molecule has 2 N–H and O–H groups in total. The zero-order valence-corrected chi connectivity index (χ0v) is 16.5. The van der Waals surface area contributed by atoms with Crippen molar-refractivity contribution in [3.05, 3.63) is 49.2 Å². The van der Waals surface area contributed by atoms with Gasteiger partial charge in [-0.25, -0.2) is 0 Å². The molecule has 0 spiro atoms. The van der Waals surface area contributed by atoms with Crippen LogP contribution in [0.25, 0.3) is 6.08 Å². The Bertz CT molecular complexity index is 929. The molecule has 0 aromatic carbocycles. The number of amides is 2. The molecule has 0 radical (unpaired) electrons. The number of hydrogen-bond acceptors (Lipinski definition) is 6. The summed E-state index contributed by atoms with van der Waals surface area (Å²) in [4.78, 5) is 36.7. The highest BCUT2D eigenvalue weighted by Crippen LogP contribution is 2.39. The number of anilines is 1. The quantitative estimate of drug-likeness (QED) is 0.448. The minimum Gasteiger partial charge on any atom is -0.355 e. The molecule has 0 saturated heterocycles. The van der Waals surface area contributed by atoms with E-state index in [4.69, 9.17) is 0 Å². The third-order valence-corrected chi connectivity index (χ3v) is 6.57. The van der Waals surface area contributed by atoms with Crippen molar-refractivity contribution >= 4 is 50.6 Å². The molecule has 1 aliphatic rings. The normalized spacial score (nSPS) is 16.1. The first kappa shape index (κ1) is 19.2. The maximum Gasteiger partial charge on any atom is 0.324 e. The SMILES string of the molecule is CNC(=O)c1c(NC(=O)/C=C/c2ccc([N+](=O)[O-])s2)sc2c1CCC(C)C2. The molecule has 1 aliphatic carbocycles. The Morgan fingerprint density at radius 3 is 2.78 bits per heavy atom. The van der Waals surface area contributed by atoms with E-state index in [9.17, 15) is 19.7 Å². The molecule has 1 atom stereocenters. The molecule has 0 fully saturated rings. The molecular weight excluding hydrogens is 386 g/mol. The zero-order chi connectivity index (χ0) is 19.6. The molecule has 142 valence electrons. The number of nitrogens with one attached hydrogen (secondary N) is 2. The largest absolute Gasteiger partial charge is 0.355 e. The van der Waals surface area contributed by atoms with Gasteiger partial charge in [-0.05, 0) is 42.9 Å². The fourth-order valence-electron chi connectivity index (χ4n) is 3.05. The lowest BCUT2D eigenvalue weighted by Gasteiger charge is -2.18. The summed E-state index contributed by atoms with van der Waals surface area (Å²) in [5.41, 5.74) is 1.59. The van der Waals surface area contributed by atoms with Gasteiger partial charge in [0.15, 0.2) is 0 Å². The lowest BCUT2D eigenvalue weighted by molar-refractivity contribution is -0.380. The number of hydrogen-bond donors (Lipinski definition) is 2. The fourth-order valence-corrected chi connectivity index (χ4v) is 5.18. The van der Waals surface area contributed by atoms with Gasteiger partial charge >= 0.3 is 5.00 Å². The van der Waals surface area contributed by atoms with Gasteiger partial charge in [-0.1, -0.05) is 18.3 Å². The molecule has 0 aliphatic heterocycles. The second-order valence-electron chi connectivity index (χ2n) is 6.39. The van der Waals surface area contributed by atoms with Gasteiger partial charge < -0.3 is 10.6 Å². The predicted molar refractivity (Wildman–Crippen MR) is 108 cm³/mol. The van der Waals surface area contributed by atoms with Crippen molar-refractivity contribution < 1.29 is 14.5 Å². The van der Waals surface area contributed by atoms with Crippen LogP contribution in [0.3, 0.4) is 0 Å². The Morgan fingerprint density at radius 1 is 1.33 bits per heavy atom. The molecule has 2 heterocycles. The zero-order valence-electron chi connectivity index (χ0n) is 14.9. The lowest BCUT2D eigenvalue weighted by Crippen LogP contribution is -2.22. The van der Waals surface area contributed by atoms with E-state index in [2.05, 4.69) is 17.6 Å². The Hall–Kier alpha value is -2.52. The predicted octanol–water partition coefficient (Wildman–Crippen LogP) is 3.85. The summed E-state index contributed by atoms with van der Waals surface area (Å²) in [6.07, 6.45) is 5.62. The van der Waals surface area contributed by atoms with E-state index in [0.29, 0.717) is 21.4 Å². The Morgan fingerprint density at radius 2 is 2.11 bits per heavy atom. The van der Waals surface area contributed by atoms with Gasteiger partial charge in [0.25, 0.3) is 5.91 Å². The average molecular weight is 406 g/mol. The van der Waals surface area contributed by atoms with Crippen molar-refractivity contribution in [2.24, 2.45) is 5.92 Å². The van der Waals surface area contributed by atoms with Crippen molar-refractivity contribution in [1.29, 1.82) is 0 Å². The number of rotatable bonds is 5. The van der Waals surface area contributed by atoms with Crippen LogP contribution in [-0.2, 0) is 17.6 Å². The number of nitrogens with zero attached hydrogens (tertiary/aromatic N) is 1. The van der Waals surface area contributed by atoms with Crippen LogP contribution >= 0.6 is 22.7 Å². The maximum atomic E-state index is 12.3. The minimum atomic E-state index is -0.463. The first-order chi connectivity index (χ1) is 12.9. The molecule has 2 amide bonds. The van der Waals surface area contributed by atoms with Crippen LogP contribution in [0, 0.1) is 16.0 Å². The van der Waals surface area contributed by atoms with E-state index < -0.39 is 4.92 Å². The fraction of sp³-hybridized carbons (Fsp3) is 0.333. The maximum absolute atomic E-state index is 12.3. The smallest absolute Gasteiger partial charge is 0.324 e. The van der Waals surface area contributed by atoms with Crippen LogP contribution in [0.1, 0.15) is 39.0 Å². The Balaban J connectivity index is 1.79. The van der Waals surface area contributed by atoms with Crippen molar-refractivity contribution in [1.82, 2.24) is 5.32 Å². The van der Waals surface area contributed by atoms with Gasteiger partial charge in [0.2, 0.25) is 5.91 Å². The number of thiophene rings is 2.